The topological polar surface area (TPSA) is 75.6 Å². The fourth-order valence-electron chi connectivity index (χ4n) is 2.31. The predicted molar refractivity (Wildman–Crippen MR) is 67.2 cm³/mol. The van der Waals surface area contributed by atoms with Gasteiger partial charge in [-0.15, -0.1) is 0 Å². The van der Waals surface area contributed by atoms with Crippen LogP contribution in [0.1, 0.15) is 40.0 Å². The number of nitrogens with one attached hydrogen (secondary N) is 1. The van der Waals surface area contributed by atoms with Gasteiger partial charge in [-0.25, -0.2) is 4.79 Å². The molecular formula is C13H23NO4. The van der Waals surface area contributed by atoms with Crippen molar-refractivity contribution in [3.05, 3.63) is 0 Å². The third-order valence-electron chi connectivity index (χ3n) is 3.87. The lowest BCUT2D eigenvalue weighted by molar-refractivity contribution is -0.151. The second kappa shape index (κ2) is 6.73. The highest BCUT2D eigenvalue weighted by Crippen LogP contribution is 2.29. The SMILES string of the molecule is CC(OCC(=O)NC1CCCC(C)C1C)C(=O)O. The molecule has 1 aliphatic carbocycles. The molecule has 1 amide bonds. The van der Waals surface area contributed by atoms with Crippen molar-refractivity contribution < 1.29 is 19.4 Å². The summed E-state index contributed by atoms with van der Waals surface area (Å²) in [6, 6.07) is 0.185. The van der Waals surface area contributed by atoms with Crippen molar-refractivity contribution in [2.24, 2.45) is 11.8 Å². The van der Waals surface area contributed by atoms with Gasteiger partial charge in [0.05, 0.1) is 0 Å². The highest BCUT2D eigenvalue weighted by atomic mass is 16.5. The maximum absolute atomic E-state index is 11.7. The van der Waals surface area contributed by atoms with E-state index in [0.717, 1.165) is 12.8 Å². The number of amides is 1. The Morgan fingerprint density at radius 2 is 2.06 bits per heavy atom. The van der Waals surface area contributed by atoms with E-state index in [0.29, 0.717) is 11.8 Å². The third-order valence-corrected chi connectivity index (χ3v) is 3.87. The van der Waals surface area contributed by atoms with E-state index in [1.807, 2.05) is 0 Å². The zero-order valence-corrected chi connectivity index (χ0v) is 11.3. The molecular weight excluding hydrogens is 234 g/mol. The van der Waals surface area contributed by atoms with E-state index in [2.05, 4.69) is 19.2 Å². The van der Waals surface area contributed by atoms with Crippen LogP contribution >= 0.6 is 0 Å². The third kappa shape index (κ3) is 4.29. The fourth-order valence-corrected chi connectivity index (χ4v) is 2.31. The van der Waals surface area contributed by atoms with E-state index in [4.69, 9.17) is 9.84 Å². The Bertz CT molecular complexity index is 305. The summed E-state index contributed by atoms with van der Waals surface area (Å²) in [5.74, 6) is -0.209. The van der Waals surface area contributed by atoms with Crippen LogP contribution in [0.5, 0.6) is 0 Å². The van der Waals surface area contributed by atoms with Crippen LogP contribution in [-0.4, -0.2) is 35.7 Å². The summed E-state index contributed by atoms with van der Waals surface area (Å²) in [5, 5.41) is 11.6. The van der Waals surface area contributed by atoms with Gasteiger partial charge < -0.3 is 15.2 Å². The van der Waals surface area contributed by atoms with Crippen LogP contribution in [-0.2, 0) is 14.3 Å². The van der Waals surface area contributed by atoms with E-state index >= 15 is 0 Å². The number of ether oxygens (including phenoxy) is 1. The van der Waals surface area contributed by atoms with Crippen LogP contribution in [0.15, 0.2) is 0 Å². The molecule has 0 aromatic rings. The monoisotopic (exact) mass is 257 g/mol. The Hall–Kier alpha value is -1.10. The number of carboxylic acids is 1. The molecule has 0 radical (unpaired) electrons. The molecule has 4 atom stereocenters. The quantitative estimate of drug-likeness (QED) is 0.781. The number of aliphatic carboxylic acids is 1. The first-order valence-electron chi connectivity index (χ1n) is 6.55. The highest BCUT2D eigenvalue weighted by molar-refractivity contribution is 5.78. The van der Waals surface area contributed by atoms with Gasteiger partial charge in [0.25, 0.3) is 0 Å². The van der Waals surface area contributed by atoms with Crippen LogP contribution in [0.2, 0.25) is 0 Å². The maximum atomic E-state index is 11.7. The van der Waals surface area contributed by atoms with E-state index in [1.165, 1.54) is 13.3 Å². The van der Waals surface area contributed by atoms with Gasteiger partial charge >= 0.3 is 5.97 Å². The van der Waals surface area contributed by atoms with Gasteiger partial charge in [0.15, 0.2) is 6.10 Å². The molecule has 18 heavy (non-hydrogen) atoms. The Morgan fingerprint density at radius 3 is 2.67 bits per heavy atom. The van der Waals surface area contributed by atoms with E-state index in [1.54, 1.807) is 0 Å². The molecule has 0 aliphatic heterocycles. The van der Waals surface area contributed by atoms with Crippen molar-refractivity contribution in [1.29, 1.82) is 0 Å². The molecule has 0 aromatic heterocycles. The van der Waals surface area contributed by atoms with Gasteiger partial charge in [-0.2, -0.15) is 0 Å². The molecule has 0 spiro atoms. The second-order valence-corrected chi connectivity index (χ2v) is 5.23. The summed E-state index contributed by atoms with van der Waals surface area (Å²) in [4.78, 5) is 22.2. The first-order chi connectivity index (χ1) is 8.41. The summed E-state index contributed by atoms with van der Waals surface area (Å²) in [6.45, 7) is 5.58. The zero-order valence-electron chi connectivity index (χ0n) is 11.3. The smallest absolute Gasteiger partial charge is 0.332 e. The van der Waals surface area contributed by atoms with Gasteiger partial charge in [-0.3, -0.25) is 4.79 Å². The maximum Gasteiger partial charge on any atom is 0.332 e. The van der Waals surface area contributed by atoms with Gasteiger partial charge in [-0.1, -0.05) is 26.7 Å². The molecule has 5 heteroatoms. The lowest BCUT2D eigenvalue weighted by Gasteiger charge is -2.34. The standard InChI is InChI=1S/C13H23NO4/c1-8-5-4-6-11(9(8)2)14-12(15)7-18-10(3)13(16)17/h8-11H,4-7H2,1-3H3,(H,14,15)(H,16,17). The predicted octanol–water partition coefficient (Wildman–Crippen LogP) is 1.42. The number of carbonyl (C=O) groups excluding carboxylic acids is 1. The van der Waals surface area contributed by atoms with Crippen molar-refractivity contribution in [3.63, 3.8) is 0 Å². The van der Waals surface area contributed by atoms with E-state index in [-0.39, 0.29) is 18.6 Å². The summed E-state index contributed by atoms with van der Waals surface area (Å²) >= 11 is 0. The summed E-state index contributed by atoms with van der Waals surface area (Å²) in [6.07, 6.45) is 2.38. The summed E-state index contributed by atoms with van der Waals surface area (Å²) in [5.41, 5.74) is 0. The number of hydrogen-bond acceptors (Lipinski definition) is 3. The number of rotatable bonds is 5. The Balaban J connectivity index is 2.33. The molecule has 2 N–H and O–H groups in total. The average Bonchev–Trinajstić information content (AvgIpc) is 2.32. The molecule has 1 rings (SSSR count). The Labute approximate surface area is 108 Å². The minimum absolute atomic E-state index is 0.185. The summed E-state index contributed by atoms with van der Waals surface area (Å²) in [7, 11) is 0. The van der Waals surface area contributed by atoms with Crippen molar-refractivity contribution >= 4 is 11.9 Å². The largest absolute Gasteiger partial charge is 0.479 e. The van der Waals surface area contributed by atoms with E-state index < -0.39 is 12.1 Å². The van der Waals surface area contributed by atoms with Crippen molar-refractivity contribution in [3.8, 4) is 0 Å². The zero-order chi connectivity index (χ0) is 13.7. The summed E-state index contributed by atoms with van der Waals surface area (Å²) < 4.78 is 4.96. The molecule has 0 heterocycles. The molecule has 104 valence electrons. The second-order valence-electron chi connectivity index (χ2n) is 5.23. The average molecular weight is 257 g/mol. The lowest BCUT2D eigenvalue weighted by Crippen LogP contribution is -2.45. The van der Waals surface area contributed by atoms with Crippen molar-refractivity contribution in [1.82, 2.24) is 5.32 Å². The number of hydrogen-bond donors (Lipinski definition) is 2. The normalized spacial score (nSPS) is 29.6. The first-order valence-corrected chi connectivity index (χ1v) is 6.55. The van der Waals surface area contributed by atoms with Gasteiger partial charge in [0, 0.05) is 6.04 Å². The van der Waals surface area contributed by atoms with Crippen molar-refractivity contribution in [2.75, 3.05) is 6.61 Å². The van der Waals surface area contributed by atoms with Gasteiger partial charge in [0.1, 0.15) is 6.61 Å². The molecule has 0 aromatic carbocycles. The molecule has 1 aliphatic rings. The van der Waals surface area contributed by atoms with E-state index in [9.17, 15) is 9.59 Å². The molecule has 0 bridgehead atoms. The van der Waals surface area contributed by atoms with Crippen LogP contribution in [0.25, 0.3) is 0 Å². The van der Waals surface area contributed by atoms with Crippen LogP contribution < -0.4 is 5.32 Å². The molecule has 1 fully saturated rings. The fraction of sp³-hybridized carbons (Fsp3) is 0.846. The molecule has 1 saturated carbocycles. The van der Waals surface area contributed by atoms with Crippen LogP contribution in [0.3, 0.4) is 0 Å². The van der Waals surface area contributed by atoms with Crippen LogP contribution in [0, 0.1) is 11.8 Å². The molecule has 4 unspecified atom stereocenters. The van der Waals surface area contributed by atoms with Crippen LogP contribution in [0.4, 0.5) is 0 Å². The van der Waals surface area contributed by atoms with Gasteiger partial charge in [0.2, 0.25) is 5.91 Å². The highest BCUT2D eigenvalue weighted by Gasteiger charge is 2.28. The lowest BCUT2D eigenvalue weighted by atomic mass is 9.78. The molecule has 0 saturated heterocycles. The number of carboxylic acid groups (broad SMARTS) is 1. The molecule has 5 nitrogen and oxygen atoms in total. The minimum atomic E-state index is -1.05. The Kier molecular flexibility index (Phi) is 5.59. The van der Waals surface area contributed by atoms with Gasteiger partial charge in [-0.05, 0) is 25.2 Å². The first kappa shape index (κ1) is 15.0. The number of carbonyl (C=O) groups is 2. The minimum Gasteiger partial charge on any atom is -0.479 e. The Morgan fingerprint density at radius 1 is 1.39 bits per heavy atom. The van der Waals surface area contributed by atoms with Crippen molar-refractivity contribution in [2.45, 2.75) is 52.2 Å².